The summed E-state index contributed by atoms with van der Waals surface area (Å²) in [6, 6.07) is 5.15. The van der Waals surface area contributed by atoms with Crippen LogP contribution in [0.25, 0.3) is 0 Å². The van der Waals surface area contributed by atoms with Crippen LogP contribution in [-0.4, -0.2) is 37.1 Å². The van der Waals surface area contributed by atoms with E-state index < -0.39 is 22.5 Å². The number of non-ortho nitro benzene ring substituents is 1. The number of amides is 2. The van der Waals surface area contributed by atoms with E-state index in [0.717, 1.165) is 0 Å². The Morgan fingerprint density at radius 3 is 2.56 bits per heavy atom. The van der Waals surface area contributed by atoms with Crippen molar-refractivity contribution in [3.8, 4) is 0 Å². The van der Waals surface area contributed by atoms with E-state index in [9.17, 15) is 24.8 Å². The second-order valence-corrected chi connectivity index (χ2v) is 6.11. The van der Waals surface area contributed by atoms with Crippen LogP contribution >= 0.6 is 0 Å². The third-order valence-electron chi connectivity index (χ3n) is 4.27. The third-order valence-corrected chi connectivity index (χ3v) is 4.27. The molecular formula is C15H15N5O5. The zero-order chi connectivity index (χ0) is 18.4. The highest BCUT2D eigenvalue weighted by atomic mass is 16.6. The average Bonchev–Trinajstić information content (AvgIpc) is 3.06. The number of rotatable bonds is 3. The van der Waals surface area contributed by atoms with Crippen molar-refractivity contribution in [1.82, 2.24) is 15.1 Å². The summed E-state index contributed by atoms with van der Waals surface area (Å²) in [7, 11) is 0. The van der Waals surface area contributed by atoms with Crippen LogP contribution in [0.4, 0.5) is 16.3 Å². The maximum Gasteiger partial charge on any atom is 0.408 e. The van der Waals surface area contributed by atoms with Gasteiger partial charge < -0.3 is 10.4 Å². The van der Waals surface area contributed by atoms with E-state index in [1.807, 2.05) is 0 Å². The van der Waals surface area contributed by atoms with E-state index in [2.05, 4.69) is 15.5 Å². The van der Waals surface area contributed by atoms with Crippen LogP contribution in [0.3, 0.4) is 0 Å². The number of hydrogen-bond acceptors (Lipinski definition) is 5. The molecule has 0 bridgehead atoms. The Morgan fingerprint density at radius 1 is 1.36 bits per heavy atom. The van der Waals surface area contributed by atoms with Crippen molar-refractivity contribution in [1.29, 1.82) is 0 Å². The van der Waals surface area contributed by atoms with Gasteiger partial charge in [0.1, 0.15) is 0 Å². The van der Waals surface area contributed by atoms with Gasteiger partial charge in [-0.2, -0.15) is 5.10 Å². The minimum absolute atomic E-state index is 0.101. The number of H-pyrrole nitrogens is 1. The fourth-order valence-corrected chi connectivity index (χ4v) is 2.84. The van der Waals surface area contributed by atoms with E-state index in [4.69, 9.17) is 0 Å². The Labute approximate surface area is 141 Å². The first-order chi connectivity index (χ1) is 11.7. The lowest BCUT2D eigenvalue weighted by atomic mass is 10.0. The summed E-state index contributed by atoms with van der Waals surface area (Å²) >= 11 is 0. The smallest absolute Gasteiger partial charge is 0.408 e. The van der Waals surface area contributed by atoms with Crippen LogP contribution in [0.5, 0.6) is 0 Å². The van der Waals surface area contributed by atoms with Gasteiger partial charge in [0.15, 0.2) is 5.82 Å². The summed E-state index contributed by atoms with van der Waals surface area (Å²) in [5, 5.41) is 29.4. The largest absolute Gasteiger partial charge is 0.465 e. The molecule has 0 radical (unpaired) electrons. The molecule has 0 saturated carbocycles. The molecule has 130 valence electrons. The Balaban J connectivity index is 1.83. The van der Waals surface area contributed by atoms with E-state index in [-0.39, 0.29) is 23.6 Å². The first-order valence-electron chi connectivity index (χ1n) is 7.36. The van der Waals surface area contributed by atoms with Crippen LogP contribution < -0.4 is 5.32 Å². The molecule has 0 saturated heterocycles. The second-order valence-electron chi connectivity index (χ2n) is 6.11. The van der Waals surface area contributed by atoms with Gasteiger partial charge in [0.25, 0.3) is 11.6 Å². The second kappa shape index (κ2) is 5.58. The Bertz CT molecular complexity index is 871. The normalized spacial score (nSPS) is 14.9. The highest BCUT2D eigenvalue weighted by molar-refractivity contribution is 6.04. The third kappa shape index (κ3) is 2.67. The van der Waals surface area contributed by atoms with Gasteiger partial charge in [-0.25, -0.2) is 4.79 Å². The average molecular weight is 345 g/mol. The molecule has 25 heavy (non-hydrogen) atoms. The molecule has 10 nitrogen and oxygen atoms in total. The molecule has 10 heteroatoms. The van der Waals surface area contributed by atoms with Crippen LogP contribution in [0.15, 0.2) is 24.3 Å². The van der Waals surface area contributed by atoms with E-state index in [1.165, 1.54) is 29.2 Å². The Hall–Kier alpha value is -3.43. The van der Waals surface area contributed by atoms with Crippen LogP contribution in [0.2, 0.25) is 0 Å². The molecule has 1 aromatic heterocycles. The molecule has 2 aromatic rings. The van der Waals surface area contributed by atoms with E-state index in [1.54, 1.807) is 13.8 Å². The van der Waals surface area contributed by atoms with Crippen molar-refractivity contribution >= 4 is 23.5 Å². The zero-order valence-corrected chi connectivity index (χ0v) is 13.4. The van der Waals surface area contributed by atoms with Gasteiger partial charge in [-0.15, -0.1) is 0 Å². The van der Waals surface area contributed by atoms with Crippen LogP contribution in [-0.2, 0) is 12.1 Å². The molecule has 0 spiro atoms. The van der Waals surface area contributed by atoms with Gasteiger partial charge in [0, 0.05) is 23.3 Å². The first-order valence-corrected chi connectivity index (χ1v) is 7.36. The minimum Gasteiger partial charge on any atom is -0.465 e. The highest BCUT2D eigenvalue weighted by Gasteiger charge is 2.44. The van der Waals surface area contributed by atoms with Crippen molar-refractivity contribution in [3.05, 3.63) is 51.2 Å². The predicted molar refractivity (Wildman–Crippen MR) is 86.2 cm³/mol. The molecule has 2 amide bonds. The molecule has 2 heterocycles. The molecule has 0 fully saturated rings. The number of nitro benzene ring substituents is 1. The predicted octanol–water partition coefficient (Wildman–Crippen LogP) is 2.30. The quantitative estimate of drug-likeness (QED) is 0.575. The maximum absolute atomic E-state index is 12.3. The van der Waals surface area contributed by atoms with Crippen molar-refractivity contribution in [3.63, 3.8) is 0 Å². The molecule has 1 aliphatic rings. The number of aromatic nitrogens is 2. The number of benzene rings is 1. The van der Waals surface area contributed by atoms with Gasteiger partial charge in [0.2, 0.25) is 0 Å². The number of carboxylic acid groups (broad SMARTS) is 1. The van der Waals surface area contributed by atoms with Crippen molar-refractivity contribution in [2.24, 2.45) is 0 Å². The number of anilines is 1. The van der Waals surface area contributed by atoms with Gasteiger partial charge in [-0.05, 0) is 26.0 Å². The van der Waals surface area contributed by atoms with E-state index in [0.29, 0.717) is 11.3 Å². The number of carbonyl (C=O) groups is 2. The standard InChI is InChI=1S/C15H15N5O5/c1-15(2)11-10(7-19(15)14(22)23)12(18-17-11)16-13(21)8-3-5-9(6-4-8)20(24)25/h3-6H,7H2,1-2H3,(H,22,23)(H2,16,17,18,21). The molecular weight excluding hydrogens is 330 g/mol. The number of fused-ring (bicyclic) bond motifs is 1. The summed E-state index contributed by atoms with van der Waals surface area (Å²) in [5.74, 6) is -0.244. The minimum atomic E-state index is -1.07. The summed E-state index contributed by atoms with van der Waals surface area (Å²) < 4.78 is 0. The lowest BCUT2D eigenvalue weighted by molar-refractivity contribution is -0.384. The zero-order valence-electron chi connectivity index (χ0n) is 13.4. The number of hydrogen-bond donors (Lipinski definition) is 3. The monoisotopic (exact) mass is 345 g/mol. The van der Waals surface area contributed by atoms with Gasteiger partial charge in [-0.3, -0.25) is 24.9 Å². The van der Waals surface area contributed by atoms with Crippen molar-refractivity contribution < 1.29 is 19.6 Å². The summed E-state index contributed by atoms with van der Waals surface area (Å²) in [6.45, 7) is 3.59. The highest BCUT2D eigenvalue weighted by Crippen LogP contribution is 2.40. The summed E-state index contributed by atoms with van der Waals surface area (Å²) in [5.41, 5.74) is 0.548. The Morgan fingerprint density at radius 2 is 2.00 bits per heavy atom. The van der Waals surface area contributed by atoms with E-state index >= 15 is 0 Å². The lowest BCUT2D eigenvalue weighted by Crippen LogP contribution is -2.39. The lowest BCUT2D eigenvalue weighted by Gasteiger charge is -2.28. The van der Waals surface area contributed by atoms with Gasteiger partial charge in [-0.1, -0.05) is 0 Å². The fraction of sp³-hybridized carbons (Fsp3) is 0.267. The molecule has 3 rings (SSSR count). The Kier molecular flexibility index (Phi) is 3.67. The fourth-order valence-electron chi connectivity index (χ4n) is 2.84. The topological polar surface area (TPSA) is 141 Å². The molecule has 1 aliphatic heterocycles. The molecule has 0 aliphatic carbocycles. The van der Waals surface area contributed by atoms with Crippen LogP contribution in [0.1, 0.15) is 35.5 Å². The molecule has 0 unspecified atom stereocenters. The molecule has 3 N–H and O–H groups in total. The number of aromatic amines is 1. The number of nitrogens with zero attached hydrogens (tertiary/aromatic N) is 3. The number of nitro groups is 1. The maximum atomic E-state index is 12.3. The number of nitrogens with one attached hydrogen (secondary N) is 2. The summed E-state index contributed by atoms with van der Waals surface area (Å²) in [6.07, 6.45) is -1.07. The van der Waals surface area contributed by atoms with Gasteiger partial charge in [0.05, 0.1) is 22.7 Å². The SMILES string of the molecule is CC1(C)c2[nH]nc(NC(=O)c3ccc([N+](=O)[O-])cc3)c2CN1C(=O)O. The van der Waals surface area contributed by atoms with Gasteiger partial charge >= 0.3 is 6.09 Å². The van der Waals surface area contributed by atoms with Crippen molar-refractivity contribution in [2.45, 2.75) is 25.9 Å². The summed E-state index contributed by atoms with van der Waals surface area (Å²) in [4.78, 5) is 35.0. The molecule has 1 aromatic carbocycles. The van der Waals surface area contributed by atoms with Crippen molar-refractivity contribution in [2.75, 3.05) is 5.32 Å². The molecule has 0 atom stereocenters. The number of carbonyl (C=O) groups excluding carboxylic acids is 1. The first kappa shape index (κ1) is 16.4. The van der Waals surface area contributed by atoms with Crippen LogP contribution in [0, 0.1) is 10.1 Å².